The van der Waals surface area contributed by atoms with Gasteiger partial charge in [0.2, 0.25) is 0 Å². The van der Waals surface area contributed by atoms with E-state index in [1.165, 1.54) is 19.4 Å². The van der Waals surface area contributed by atoms with Crippen LogP contribution in [0, 0.1) is 5.92 Å². The molecule has 15 heavy (non-hydrogen) atoms. The Hall–Kier alpha value is -0.560. The van der Waals surface area contributed by atoms with Crippen LogP contribution in [0.1, 0.15) is 40.0 Å². The molecule has 0 spiro atoms. The monoisotopic (exact) mass is 209 g/mol. The maximum Gasteiger partial charge on any atom is 0.0310 e. The number of rotatable bonds is 9. The summed E-state index contributed by atoms with van der Waals surface area (Å²) in [4.78, 5) is 2.53. The summed E-state index contributed by atoms with van der Waals surface area (Å²) in [6, 6.07) is 0.469. The van der Waals surface area contributed by atoms with E-state index in [9.17, 15) is 0 Å². The molecule has 0 aromatic rings. The molecule has 0 amide bonds. The van der Waals surface area contributed by atoms with Gasteiger partial charge in [-0.2, -0.15) is 0 Å². The number of hydrogen-bond donors (Lipinski definition) is 0. The van der Waals surface area contributed by atoms with E-state index in [0.717, 1.165) is 13.0 Å². The van der Waals surface area contributed by atoms with Crippen molar-refractivity contribution in [1.82, 2.24) is 4.90 Å². The zero-order valence-corrected chi connectivity index (χ0v) is 10.7. The topological polar surface area (TPSA) is 3.24 Å². The van der Waals surface area contributed by atoms with E-state index in [0.29, 0.717) is 12.0 Å². The summed E-state index contributed by atoms with van der Waals surface area (Å²) in [6.07, 6.45) is 7.59. The molecular formula is C14H27N. The van der Waals surface area contributed by atoms with Gasteiger partial charge in [0.05, 0.1) is 0 Å². The summed E-state index contributed by atoms with van der Waals surface area (Å²) >= 11 is 0. The second-order valence-electron chi connectivity index (χ2n) is 4.57. The maximum atomic E-state index is 3.93. The van der Waals surface area contributed by atoms with Crippen molar-refractivity contribution in [3.05, 3.63) is 25.3 Å². The Balaban J connectivity index is 4.27. The molecule has 88 valence electrons. The van der Waals surface area contributed by atoms with E-state index in [4.69, 9.17) is 0 Å². The standard InChI is InChI=1S/C14H27N/c1-6-9-11-15(12-13(4)5)14(8-3)10-7-2/h7-8,13-14H,2-3,6,9-12H2,1,4-5H3. The van der Waals surface area contributed by atoms with Crippen molar-refractivity contribution >= 4 is 0 Å². The maximum absolute atomic E-state index is 3.93. The highest BCUT2D eigenvalue weighted by atomic mass is 15.1. The molecule has 0 aromatic heterocycles. The van der Waals surface area contributed by atoms with Crippen molar-refractivity contribution in [3.63, 3.8) is 0 Å². The molecule has 0 N–H and O–H groups in total. The first-order chi connectivity index (χ1) is 7.15. The minimum Gasteiger partial charge on any atom is -0.296 e. The van der Waals surface area contributed by atoms with Gasteiger partial charge in [-0.05, 0) is 25.3 Å². The lowest BCUT2D eigenvalue weighted by molar-refractivity contribution is 0.202. The molecule has 1 atom stereocenters. The van der Waals surface area contributed by atoms with Crippen molar-refractivity contribution in [2.45, 2.75) is 46.1 Å². The molecule has 0 aliphatic rings. The molecule has 0 aliphatic heterocycles. The van der Waals surface area contributed by atoms with Crippen molar-refractivity contribution in [3.8, 4) is 0 Å². The first kappa shape index (κ1) is 14.4. The lowest BCUT2D eigenvalue weighted by atomic mass is 10.1. The van der Waals surface area contributed by atoms with Crippen LogP contribution in [0.15, 0.2) is 25.3 Å². The van der Waals surface area contributed by atoms with Gasteiger partial charge < -0.3 is 0 Å². The van der Waals surface area contributed by atoms with Gasteiger partial charge in [0.1, 0.15) is 0 Å². The van der Waals surface area contributed by atoms with Gasteiger partial charge in [-0.25, -0.2) is 0 Å². The van der Waals surface area contributed by atoms with Crippen LogP contribution < -0.4 is 0 Å². The predicted octanol–water partition coefficient (Wildman–Crippen LogP) is 3.88. The Kier molecular flexibility index (Phi) is 8.40. The van der Waals surface area contributed by atoms with E-state index in [2.05, 4.69) is 44.9 Å². The number of nitrogens with zero attached hydrogens (tertiary/aromatic N) is 1. The molecular weight excluding hydrogens is 182 g/mol. The highest BCUT2D eigenvalue weighted by Gasteiger charge is 2.14. The Bertz CT molecular complexity index is 172. The van der Waals surface area contributed by atoms with Gasteiger partial charge in [-0.15, -0.1) is 13.2 Å². The summed E-state index contributed by atoms with van der Waals surface area (Å²) in [5.41, 5.74) is 0. The molecule has 0 aromatic carbocycles. The fourth-order valence-corrected chi connectivity index (χ4v) is 1.79. The molecule has 0 saturated heterocycles. The average Bonchev–Trinajstić information content (AvgIpc) is 2.20. The van der Waals surface area contributed by atoms with Crippen LogP contribution in [0.3, 0.4) is 0 Å². The fourth-order valence-electron chi connectivity index (χ4n) is 1.79. The van der Waals surface area contributed by atoms with E-state index >= 15 is 0 Å². The number of unbranched alkanes of at least 4 members (excludes halogenated alkanes) is 1. The van der Waals surface area contributed by atoms with Gasteiger partial charge in [-0.3, -0.25) is 4.90 Å². The second-order valence-corrected chi connectivity index (χ2v) is 4.57. The zero-order chi connectivity index (χ0) is 11.7. The van der Waals surface area contributed by atoms with Crippen LogP contribution in [0.2, 0.25) is 0 Å². The van der Waals surface area contributed by atoms with Crippen LogP contribution in [0.25, 0.3) is 0 Å². The normalized spacial score (nSPS) is 13.1. The predicted molar refractivity (Wildman–Crippen MR) is 70.1 cm³/mol. The van der Waals surface area contributed by atoms with Crippen molar-refractivity contribution in [2.75, 3.05) is 13.1 Å². The second kappa shape index (κ2) is 8.72. The van der Waals surface area contributed by atoms with Gasteiger partial charge >= 0.3 is 0 Å². The summed E-state index contributed by atoms with van der Waals surface area (Å²) in [6.45, 7) is 16.9. The van der Waals surface area contributed by atoms with Crippen molar-refractivity contribution in [2.24, 2.45) is 5.92 Å². The minimum absolute atomic E-state index is 0.469. The van der Waals surface area contributed by atoms with Gasteiger partial charge in [0, 0.05) is 12.6 Å². The summed E-state index contributed by atoms with van der Waals surface area (Å²) in [5.74, 6) is 0.717. The highest BCUT2D eigenvalue weighted by molar-refractivity contribution is 4.92. The van der Waals surface area contributed by atoms with Crippen molar-refractivity contribution in [1.29, 1.82) is 0 Å². The molecule has 0 fully saturated rings. The Morgan fingerprint density at radius 1 is 1.27 bits per heavy atom. The first-order valence-corrected chi connectivity index (χ1v) is 6.13. The van der Waals surface area contributed by atoms with E-state index in [1.807, 2.05) is 6.08 Å². The first-order valence-electron chi connectivity index (χ1n) is 6.13. The van der Waals surface area contributed by atoms with Crippen LogP contribution in [0.5, 0.6) is 0 Å². The number of hydrogen-bond acceptors (Lipinski definition) is 1. The molecule has 1 unspecified atom stereocenters. The van der Waals surface area contributed by atoms with E-state index < -0.39 is 0 Å². The lowest BCUT2D eigenvalue weighted by Crippen LogP contribution is -2.37. The van der Waals surface area contributed by atoms with Gasteiger partial charge in [-0.1, -0.05) is 39.3 Å². The molecule has 0 saturated carbocycles. The Labute approximate surface area is 95.9 Å². The molecule has 0 heterocycles. The molecule has 0 aliphatic carbocycles. The molecule has 0 radical (unpaired) electrons. The Morgan fingerprint density at radius 3 is 2.33 bits per heavy atom. The van der Waals surface area contributed by atoms with Crippen LogP contribution >= 0.6 is 0 Å². The highest BCUT2D eigenvalue weighted by Crippen LogP contribution is 2.11. The van der Waals surface area contributed by atoms with Crippen LogP contribution in [-0.4, -0.2) is 24.0 Å². The van der Waals surface area contributed by atoms with E-state index in [1.54, 1.807) is 0 Å². The molecule has 0 rings (SSSR count). The lowest BCUT2D eigenvalue weighted by Gasteiger charge is -2.30. The summed E-state index contributed by atoms with van der Waals surface area (Å²) in [7, 11) is 0. The Morgan fingerprint density at radius 2 is 1.93 bits per heavy atom. The van der Waals surface area contributed by atoms with E-state index in [-0.39, 0.29) is 0 Å². The van der Waals surface area contributed by atoms with Gasteiger partial charge in [0.25, 0.3) is 0 Å². The smallest absolute Gasteiger partial charge is 0.0310 e. The summed E-state index contributed by atoms with van der Waals surface area (Å²) in [5, 5.41) is 0. The average molecular weight is 209 g/mol. The fraction of sp³-hybridized carbons (Fsp3) is 0.714. The zero-order valence-electron chi connectivity index (χ0n) is 10.7. The van der Waals surface area contributed by atoms with Crippen LogP contribution in [-0.2, 0) is 0 Å². The quantitative estimate of drug-likeness (QED) is 0.521. The van der Waals surface area contributed by atoms with Crippen LogP contribution in [0.4, 0.5) is 0 Å². The van der Waals surface area contributed by atoms with Gasteiger partial charge in [0.15, 0.2) is 0 Å². The third kappa shape index (κ3) is 6.51. The molecule has 1 heteroatoms. The molecule has 0 bridgehead atoms. The summed E-state index contributed by atoms with van der Waals surface area (Å²) < 4.78 is 0. The minimum atomic E-state index is 0.469. The molecule has 1 nitrogen and oxygen atoms in total. The SMILES string of the molecule is C=CCC(C=C)N(CCCC)CC(C)C. The third-order valence-corrected chi connectivity index (χ3v) is 2.55. The third-order valence-electron chi connectivity index (χ3n) is 2.55. The largest absolute Gasteiger partial charge is 0.296 e. The van der Waals surface area contributed by atoms with Crippen molar-refractivity contribution < 1.29 is 0 Å².